The van der Waals surface area contributed by atoms with Gasteiger partial charge in [0.15, 0.2) is 5.13 Å². The number of aryl methyl sites for hydroxylation is 3. The van der Waals surface area contributed by atoms with Crippen molar-refractivity contribution in [1.82, 2.24) is 14.8 Å². The Bertz CT molecular complexity index is 699. The molecule has 0 aliphatic heterocycles. The first kappa shape index (κ1) is 15.1. The second-order valence-electron chi connectivity index (χ2n) is 4.64. The monoisotopic (exact) mass is 309 g/mol. The highest BCUT2D eigenvalue weighted by molar-refractivity contribution is 7.15. The maximum atomic E-state index is 12.0. The van der Waals surface area contributed by atoms with E-state index in [1.54, 1.807) is 13.8 Å². The minimum atomic E-state index is -0.486. The van der Waals surface area contributed by atoms with Crippen molar-refractivity contribution in [3.63, 3.8) is 0 Å². The lowest BCUT2D eigenvalue weighted by atomic mass is 10.3. The van der Waals surface area contributed by atoms with Crippen LogP contribution in [0.1, 0.15) is 22.0 Å². The van der Waals surface area contributed by atoms with E-state index in [2.05, 4.69) is 15.4 Å². The minimum absolute atomic E-state index is 0.0521. The molecule has 1 N–H and O–H groups in total. The Morgan fingerprint density at radius 1 is 1.33 bits per heavy atom. The highest BCUT2D eigenvalue weighted by Gasteiger charge is 2.22. The Morgan fingerprint density at radius 2 is 2.00 bits per heavy atom. The predicted molar refractivity (Wildman–Crippen MR) is 78.6 cm³/mol. The van der Waals surface area contributed by atoms with Crippen molar-refractivity contribution in [2.45, 2.75) is 34.2 Å². The number of anilines is 1. The van der Waals surface area contributed by atoms with Crippen LogP contribution in [0.2, 0.25) is 0 Å². The Balaban J connectivity index is 2.13. The molecule has 2 heterocycles. The van der Waals surface area contributed by atoms with Crippen LogP contribution >= 0.6 is 11.3 Å². The number of amides is 1. The Morgan fingerprint density at radius 3 is 2.48 bits per heavy atom. The van der Waals surface area contributed by atoms with E-state index in [0.29, 0.717) is 16.5 Å². The third-order valence-electron chi connectivity index (χ3n) is 3.09. The summed E-state index contributed by atoms with van der Waals surface area (Å²) in [6, 6.07) is 0. The zero-order valence-electron chi connectivity index (χ0n) is 12.1. The summed E-state index contributed by atoms with van der Waals surface area (Å²) in [4.78, 5) is 27.6. The topological polar surface area (TPSA) is 103 Å². The van der Waals surface area contributed by atoms with E-state index in [9.17, 15) is 14.9 Å². The SMILES string of the molecule is Cc1nc(NC(=O)Cn2nc(C)c([N+](=O)[O-])c2C)sc1C. The molecule has 9 heteroatoms. The molecule has 0 saturated heterocycles. The van der Waals surface area contributed by atoms with Gasteiger partial charge in [0.1, 0.15) is 17.9 Å². The maximum absolute atomic E-state index is 12.0. The first-order chi connectivity index (χ1) is 9.79. The van der Waals surface area contributed by atoms with Crippen LogP contribution in [0.25, 0.3) is 0 Å². The first-order valence-electron chi connectivity index (χ1n) is 6.22. The van der Waals surface area contributed by atoms with E-state index in [4.69, 9.17) is 0 Å². The summed E-state index contributed by atoms with van der Waals surface area (Å²) in [5.74, 6) is -0.316. The van der Waals surface area contributed by atoms with Gasteiger partial charge >= 0.3 is 5.69 Å². The number of hydrogen-bond acceptors (Lipinski definition) is 6. The number of hydrogen-bond donors (Lipinski definition) is 1. The molecule has 0 bridgehead atoms. The largest absolute Gasteiger partial charge is 0.312 e. The minimum Gasteiger partial charge on any atom is -0.300 e. The van der Waals surface area contributed by atoms with Crippen LogP contribution in [-0.4, -0.2) is 25.6 Å². The van der Waals surface area contributed by atoms with Gasteiger partial charge in [-0.05, 0) is 27.7 Å². The summed E-state index contributed by atoms with van der Waals surface area (Å²) in [5.41, 5.74) is 1.48. The number of thiazole rings is 1. The smallest absolute Gasteiger partial charge is 0.300 e. The molecule has 8 nitrogen and oxygen atoms in total. The third kappa shape index (κ3) is 3.07. The number of rotatable bonds is 4. The van der Waals surface area contributed by atoms with Crippen molar-refractivity contribution >= 4 is 28.1 Å². The van der Waals surface area contributed by atoms with Gasteiger partial charge in [0.25, 0.3) is 0 Å². The summed E-state index contributed by atoms with van der Waals surface area (Å²) < 4.78 is 1.33. The van der Waals surface area contributed by atoms with Gasteiger partial charge in [-0.15, -0.1) is 11.3 Å². The average molecular weight is 309 g/mol. The lowest BCUT2D eigenvalue weighted by Crippen LogP contribution is -2.20. The van der Waals surface area contributed by atoms with Crippen molar-refractivity contribution in [1.29, 1.82) is 0 Å². The molecule has 0 radical (unpaired) electrons. The molecule has 1 amide bonds. The molecule has 112 valence electrons. The number of nitrogens with one attached hydrogen (secondary N) is 1. The van der Waals surface area contributed by atoms with E-state index in [-0.39, 0.29) is 18.1 Å². The van der Waals surface area contributed by atoms with Crippen molar-refractivity contribution in [3.05, 3.63) is 32.1 Å². The molecule has 0 unspecified atom stereocenters. The van der Waals surface area contributed by atoms with Crippen LogP contribution in [0.3, 0.4) is 0 Å². The summed E-state index contributed by atoms with van der Waals surface area (Å²) >= 11 is 1.39. The van der Waals surface area contributed by atoms with Gasteiger partial charge in [-0.1, -0.05) is 0 Å². The molecule has 21 heavy (non-hydrogen) atoms. The fourth-order valence-corrected chi connectivity index (χ4v) is 2.76. The van der Waals surface area contributed by atoms with Crippen LogP contribution in [0.5, 0.6) is 0 Å². The average Bonchev–Trinajstić information content (AvgIpc) is 2.80. The second kappa shape index (κ2) is 5.60. The summed E-state index contributed by atoms with van der Waals surface area (Å²) in [5, 5.41) is 18.1. The van der Waals surface area contributed by atoms with Gasteiger partial charge in [0.05, 0.1) is 10.6 Å². The molecule has 2 aromatic rings. The van der Waals surface area contributed by atoms with Crippen molar-refractivity contribution in [3.8, 4) is 0 Å². The van der Waals surface area contributed by atoms with Crippen LogP contribution in [0, 0.1) is 37.8 Å². The van der Waals surface area contributed by atoms with E-state index in [1.165, 1.54) is 16.0 Å². The third-order valence-corrected chi connectivity index (χ3v) is 4.08. The van der Waals surface area contributed by atoms with Gasteiger partial charge in [-0.2, -0.15) is 5.10 Å². The van der Waals surface area contributed by atoms with Crippen molar-refractivity contribution < 1.29 is 9.72 Å². The number of nitrogens with zero attached hydrogens (tertiary/aromatic N) is 4. The van der Waals surface area contributed by atoms with Crippen molar-refractivity contribution in [2.24, 2.45) is 0 Å². The number of carbonyl (C=O) groups excluding carboxylic acids is 1. The normalized spacial score (nSPS) is 10.7. The molecule has 0 saturated carbocycles. The van der Waals surface area contributed by atoms with Gasteiger partial charge in [0.2, 0.25) is 5.91 Å². The maximum Gasteiger partial charge on any atom is 0.312 e. The fourth-order valence-electron chi connectivity index (χ4n) is 1.93. The van der Waals surface area contributed by atoms with Gasteiger partial charge < -0.3 is 5.32 Å². The zero-order chi connectivity index (χ0) is 15.7. The second-order valence-corrected chi connectivity index (χ2v) is 5.85. The Labute approximate surface area is 125 Å². The summed E-state index contributed by atoms with van der Waals surface area (Å²) in [6.07, 6.45) is 0. The molecule has 0 aliphatic carbocycles. The number of nitro groups is 1. The lowest BCUT2D eigenvalue weighted by molar-refractivity contribution is -0.386. The first-order valence-corrected chi connectivity index (χ1v) is 7.03. The van der Waals surface area contributed by atoms with Gasteiger partial charge in [-0.3, -0.25) is 19.6 Å². The van der Waals surface area contributed by atoms with E-state index < -0.39 is 4.92 Å². The van der Waals surface area contributed by atoms with Crippen LogP contribution in [0.4, 0.5) is 10.8 Å². The van der Waals surface area contributed by atoms with E-state index >= 15 is 0 Å². The Hall–Kier alpha value is -2.29. The standard InChI is InChI=1S/C12H15N5O3S/c1-6-9(4)21-12(13-6)14-10(18)5-16-8(3)11(17(19)20)7(2)15-16/h5H2,1-4H3,(H,13,14,18). The molecule has 0 atom stereocenters. The van der Waals surface area contributed by atoms with Crippen LogP contribution in [-0.2, 0) is 11.3 Å². The molecular formula is C12H15N5O3S. The zero-order valence-corrected chi connectivity index (χ0v) is 12.9. The van der Waals surface area contributed by atoms with Gasteiger partial charge in [0, 0.05) is 4.88 Å². The number of aromatic nitrogens is 3. The van der Waals surface area contributed by atoms with E-state index in [1.807, 2.05) is 13.8 Å². The lowest BCUT2D eigenvalue weighted by Gasteiger charge is -2.03. The molecule has 0 aliphatic rings. The molecular weight excluding hydrogens is 294 g/mol. The fraction of sp³-hybridized carbons (Fsp3) is 0.417. The van der Waals surface area contributed by atoms with Crippen LogP contribution < -0.4 is 5.32 Å². The molecule has 2 aromatic heterocycles. The quantitative estimate of drug-likeness (QED) is 0.688. The van der Waals surface area contributed by atoms with Gasteiger partial charge in [-0.25, -0.2) is 4.98 Å². The molecule has 0 aromatic carbocycles. The molecule has 0 spiro atoms. The number of carbonyl (C=O) groups is 1. The Kier molecular flexibility index (Phi) is 4.03. The highest BCUT2D eigenvalue weighted by Crippen LogP contribution is 2.23. The highest BCUT2D eigenvalue weighted by atomic mass is 32.1. The summed E-state index contributed by atoms with van der Waals surface area (Å²) in [6.45, 7) is 6.83. The summed E-state index contributed by atoms with van der Waals surface area (Å²) in [7, 11) is 0. The van der Waals surface area contributed by atoms with Crippen molar-refractivity contribution in [2.75, 3.05) is 5.32 Å². The van der Waals surface area contributed by atoms with Crippen LogP contribution in [0.15, 0.2) is 0 Å². The van der Waals surface area contributed by atoms with E-state index in [0.717, 1.165) is 10.6 Å². The molecule has 0 fully saturated rings. The predicted octanol–water partition coefficient (Wildman–Crippen LogP) is 2.12. The molecule has 2 rings (SSSR count).